The third kappa shape index (κ3) is 3.36. The second kappa shape index (κ2) is 6.87. The first-order chi connectivity index (χ1) is 7.85. The van der Waals surface area contributed by atoms with Gasteiger partial charge in [-0.15, -0.1) is 12.4 Å². The second-order valence-corrected chi connectivity index (χ2v) is 4.49. The van der Waals surface area contributed by atoms with Crippen LogP contribution in [0.15, 0.2) is 18.2 Å². The first-order valence-electron chi connectivity index (χ1n) is 6.23. The van der Waals surface area contributed by atoms with E-state index in [1.54, 1.807) is 7.11 Å². The molecular formula is C14H22ClNO. The summed E-state index contributed by atoms with van der Waals surface area (Å²) in [6.07, 6.45) is 4.72. The van der Waals surface area contributed by atoms with Gasteiger partial charge in [0.15, 0.2) is 0 Å². The summed E-state index contributed by atoms with van der Waals surface area (Å²) in [4.78, 5) is 0. The number of hydrogen-bond acceptors (Lipinski definition) is 2. The molecule has 1 aliphatic carbocycles. The highest BCUT2D eigenvalue weighted by Crippen LogP contribution is 2.29. The summed E-state index contributed by atoms with van der Waals surface area (Å²) in [7, 11) is 1.76. The molecule has 96 valence electrons. The van der Waals surface area contributed by atoms with Gasteiger partial charge in [-0.25, -0.2) is 0 Å². The highest BCUT2D eigenvalue weighted by Gasteiger charge is 2.20. The van der Waals surface area contributed by atoms with Crippen LogP contribution >= 0.6 is 12.4 Å². The minimum atomic E-state index is 0. The van der Waals surface area contributed by atoms with Crippen LogP contribution in [0.3, 0.4) is 0 Å². The molecule has 17 heavy (non-hydrogen) atoms. The van der Waals surface area contributed by atoms with Crippen molar-refractivity contribution >= 4 is 12.4 Å². The highest BCUT2D eigenvalue weighted by atomic mass is 35.5. The van der Waals surface area contributed by atoms with Crippen LogP contribution < -0.4 is 10.1 Å². The van der Waals surface area contributed by atoms with Crippen LogP contribution in [0, 0.1) is 0 Å². The quantitative estimate of drug-likeness (QED) is 0.893. The molecule has 3 heteroatoms. The molecule has 0 fully saturated rings. The van der Waals surface area contributed by atoms with Crippen molar-refractivity contribution in [3.05, 3.63) is 29.3 Å². The first kappa shape index (κ1) is 14.3. The molecule has 0 saturated carbocycles. The minimum absolute atomic E-state index is 0. The van der Waals surface area contributed by atoms with E-state index in [9.17, 15) is 0 Å². The predicted molar refractivity (Wildman–Crippen MR) is 74.3 cm³/mol. The van der Waals surface area contributed by atoms with Gasteiger partial charge in [-0.3, -0.25) is 0 Å². The number of hydrogen-bond donors (Lipinski definition) is 1. The third-order valence-corrected chi connectivity index (χ3v) is 3.34. The molecule has 0 unspecified atom stereocenters. The molecule has 0 bridgehead atoms. The Bertz CT molecular complexity index is 354. The average Bonchev–Trinajstić information content (AvgIpc) is 2.35. The van der Waals surface area contributed by atoms with Gasteiger partial charge in [-0.2, -0.15) is 0 Å². The van der Waals surface area contributed by atoms with E-state index < -0.39 is 0 Å². The molecule has 2 nitrogen and oxygen atoms in total. The summed E-state index contributed by atoms with van der Waals surface area (Å²) in [5.41, 5.74) is 2.87. The van der Waals surface area contributed by atoms with E-state index in [4.69, 9.17) is 4.74 Å². The van der Waals surface area contributed by atoms with Crippen molar-refractivity contribution in [1.82, 2.24) is 5.32 Å². The Morgan fingerprint density at radius 1 is 1.41 bits per heavy atom. The maximum absolute atomic E-state index is 5.41. The molecular weight excluding hydrogens is 234 g/mol. The molecule has 0 aliphatic heterocycles. The molecule has 1 N–H and O–H groups in total. The Morgan fingerprint density at radius 2 is 2.24 bits per heavy atom. The summed E-state index contributed by atoms with van der Waals surface area (Å²) in [6.45, 7) is 3.34. The summed E-state index contributed by atoms with van der Waals surface area (Å²) in [5.74, 6) is 1.06. The molecule has 0 radical (unpaired) electrons. The Morgan fingerprint density at radius 3 is 2.94 bits per heavy atom. The van der Waals surface area contributed by atoms with Crippen LogP contribution in [0.1, 0.15) is 30.9 Å². The molecule has 1 atom stereocenters. The maximum Gasteiger partial charge on any atom is 0.122 e. The van der Waals surface area contributed by atoms with E-state index in [1.807, 2.05) is 0 Å². The van der Waals surface area contributed by atoms with Crippen molar-refractivity contribution in [2.45, 2.75) is 38.6 Å². The first-order valence-corrected chi connectivity index (χ1v) is 6.23. The van der Waals surface area contributed by atoms with Gasteiger partial charge in [0.05, 0.1) is 7.11 Å². The van der Waals surface area contributed by atoms with Gasteiger partial charge in [0.2, 0.25) is 0 Å². The van der Waals surface area contributed by atoms with Crippen LogP contribution in [-0.4, -0.2) is 19.7 Å². The lowest BCUT2D eigenvalue weighted by molar-refractivity contribution is 0.397. The van der Waals surface area contributed by atoms with E-state index >= 15 is 0 Å². The summed E-state index contributed by atoms with van der Waals surface area (Å²) in [5, 5.41) is 3.61. The number of halogens is 1. The van der Waals surface area contributed by atoms with Crippen LogP contribution in [0.25, 0.3) is 0 Å². The average molecular weight is 256 g/mol. The Labute approximate surface area is 110 Å². The largest absolute Gasteiger partial charge is 0.496 e. The number of ether oxygens (including phenoxy) is 1. The molecule has 2 rings (SSSR count). The second-order valence-electron chi connectivity index (χ2n) is 4.49. The normalized spacial score (nSPS) is 18.1. The Kier molecular flexibility index (Phi) is 5.79. The molecule has 0 saturated heterocycles. The van der Waals surface area contributed by atoms with Gasteiger partial charge >= 0.3 is 0 Å². The Hall–Kier alpha value is -0.730. The topological polar surface area (TPSA) is 21.3 Å². The van der Waals surface area contributed by atoms with Crippen LogP contribution in [0.4, 0.5) is 0 Å². The van der Waals surface area contributed by atoms with E-state index in [-0.39, 0.29) is 12.4 Å². The smallest absolute Gasteiger partial charge is 0.122 e. The van der Waals surface area contributed by atoms with Gasteiger partial charge in [0, 0.05) is 6.04 Å². The van der Waals surface area contributed by atoms with E-state index in [1.165, 1.54) is 24.0 Å². The lowest BCUT2D eigenvalue weighted by Gasteiger charge is -2.26. The fraction of sp³-hybridized carbons (Fsp3) is 0.571. The standard InChI is InChI=1S/C14H21NO.ClH/c1-3-9-15-12-7-8-13-11(10-12)5-4-6-14(13)16-2;/h4-6,12,15H,3,7-10H2,1-2H3;1H/t12-;/m1./s1. The van der Waals surface area contributed by atoms with Crippen molar-refractivity contribution in [1.29, 1.82) is 0 Å². The fourth-order valence-corrected chi connectivity index (χ4v) is 2.49. The number of rotatable bonds is 4. The molecule has 0 spiro atoms. The van der Waals surface area contributed by atoms with Gasteiger partial charge in [0.25, 0.3) is 0 Å². The van der Waals surface area contributed by atoms with E-state index in [0.717, 1.165) is 25.1 Å². The highest BCUT2D eigenvalue weighted by molar-refractivity contribution is 5.85. The molecule has 0 heterocycles. The lowest BCUT2D eigenvalue weighted by Crippen LogP contribution is -2.35. The number of methoxy groups -OCH3 is 1. The number of fused-ring (bicyclic) bond motifs is 1. The minimum Gasteiger partial charge on any atom is -0.496 e. The maximum atomic E-state index is 5.41. The van der Waals surface area contributed by atoms with Gasteiger partial charge in [-0.1, -0.05) is 19.1 Å². The van der Waals surface area contributed by atoms with Crippen molar-refractivity contribution in [3.8, 4) is 5.75 Å². The van der Waals surface area contributed by atoms with Gasteiger partial charge in [0.1, 0.15) is 5.75 Å². The third-order valence-electron chi connectivity index (χ3n) is 3.34. The van der Waals surface area contributed by atoms with Crippen molar-refractivity contribution in [2.24, 2.45) is 0 Å². The SMILES string of the molecule is CCCN[C@@H]1CCc2c(cccc2OC)C1.Cl. The summed E-state index contributed by atoms with van der Waals surface area (Å²) in [6, 6.07) is 7.05. The zero-order valence-corrected chi connectivity index (χ0v) is 11.5. The van der Waals surface area contributed by atoms with Crippen molar-refractivity contribution in [2.75, 3.05) is 13.7 Å². The van der Waals surface area contributed by atoms with Crippen LogP contribution in [-0.2, 0) is 12.8 Å². The molecule has 1 aliphatic rings. The number of benzene rings is 1. The van der Waals surface area contributed by atoms with Crippen molar-refractivity contribution in [3.63, 3.8) is 0 Å². The predicted octanol–water partition coefficient (Wildman–Crippen LogP) is 2.97. The van der Waals surface area contributed by atoms with Gasteiger partial charge in [-0.05, 0) is 49.4 Å². The molecule has 0 amide bonds. The monoisotopic (exact) mass is 255 g/mol. The van der Waals surface area contributed by atoms with Crippen LogP contribution in [0.2, 0.25) is 0 Å². The number of nitrogens with one attached hydrogen (secondary N) is 1. The molecule has 1 aromatic rings. The van der Waals surface area contributed by atoms with Gasteiger partial charge < -0.3 is 10.1 Å². The van der Waals surface area contributed by atoms with Crippen molar-refractivity contribution < 1.29 is 4.74 Å². The van der Waals surface area contributed by atoms with E-state index in [0.29, 0.717) is 6.04 Å². The van der Waals surface area contributed by atoms with E-state index in [2.05, 4.69) is 30.4 Å². The lowest BCUT2D eigenvalue weighted by atomic mass is 9.87. The molecule has 0 aromatic heterocycles. The Balaban J connectivity index is 0.00000144. The zero-order valence-electron chi connectivity index (χ0n) is 10.7. The summed E-state index contributed by atoms with van der Waals surface area (Å²) < 4.78 is 5.41. The molecule has 1 aromatic carbocycles. The van der Waals surface area contributed by atoms with Crippen LogP contribution in [0.5, 0.6) is 5.75 Å². The zero-order chi connectivity index (χ0) is 11.4. The summed E-state index contributed by atoms with van der Waals surface area (Å²) >= 11 is 0. The fourth-order valence-electron chi connectivity index (χ4n) is 2.49.